The molecule has 1 amide bonds. The highest BCUT2D eigenvalue weighted by atomic mass is 16.5. The van der Waals surface area contributed by atoms with Crippen molar-refractivity contribution in [3.8, 4) is 0 Å². The number of carbonyl (C=O) groups is 2. The zero-order chi connectivity index (χ0) is 44.5. The van der Waals surface area contributed by atoms with Crippen LogP contribution in [0.3, 0.4) is 0 Å². The number of hydrogen-bond acceptors (Lipinski definition) is 5. The van der Waals surface area contributed by atoms with Crippen LogP contribution < -0.4 is 5.32 Å². The fourth-order valence-electron chi connectivity index (χ4n) is 8.37. The SMILES string of the molecule is CCCCCC/C=C\CCCCCCCCCC(=O)OC(CCC/C=C\CCCCCCCC)CC(=O)NC(CO)C(O)CCCCCCCCCCCCCCCCCC. The van der Waals surface area contributed by atoms with Gasteiger partial charge in [-0.1, -0.05) is 231 Å². The Bertz CT molecular complexity index is 966. The average molecular weight is 860 g/mol. The summed E-state index contributed by atoms with van der Waals surface area (Å²) in [5, 5.41) is 23.8. The Hall–Kier alpha value is -1.66. The summed E-state index contributed by atoms with van der Waals surface area (Å²) < 4.78 is 5.92. The summed E-state index contributed by atoms with van der Waals surface area (Å²) in [7, 11) is 0. The molecule has 0 aliphatic carbocycles. The lowest BCUT2D eigenvalue weighted by atomic mass is 10.0. The Balaban J connectivity index is 4.49. The molecule has 3 N–H and O–H groups in total. The number of aliphatic hydroxyl groups excluding tert-OH is 2. The van der Waals surface area contributed by atoms with Gasteiger partial charge in [0, 0.05) is 6.42 Å². The molecule has 3 atom stereocenters. The minimum atomic E-state index is -0.791. The van der Waals surface area contributed by atoms with E-state index in [1.807, 2.05) is 0 Å². The van der Waals surface area contributed by atoms with Crippen molar-refractivity contribution in [2.75, 3.05) is 6.61 Å². The lowest BCUT2D eigenvalue weighted by molar-refractivity contribution is -0.151. The van der Waals surface area contributed by atoms with Crippen molar-refractivity contribution in [3.05, 3.63) is 24.3 Å². The minimum absolute atomic E-state index is 0.0591. The van der Waals surface area contributed by atoms with E-state index in [0.717, 1.165) is 51.4 Å². The molecule has 0 radical (unpaired) electrons. The summed E-state index contributed by atoms with van der Waals surface area (Å²) >= 11 is 0. The zero-order valence-electron chi connectivity index (χ0n) is 41.1. The molecule has 0 heterocycles. The van der Waals surface area contributed by atoms with Crippen LogP contribution in [0.25, 0.3) is 0 Å². The first-order valence-corrected chi connectivity index (χ1v) is 27.1. The van der Waals surface area contributed by atoms with Gasteiger partial charge in [0.05, 0.1) is 25.2 Å². The lowest BCUT2D eigenvalue weighted by Gasteiger charge is -2.24. The van der Waals surface area contributed by atoms with E-state index in [9.17, 15) is 19.8 Å². The number of carbonyl (C=O) groups excluding carboxylic acids is 2. The van der Waals surface area contributed by atoms with Gasteiger partial charge in [-0.25, -0.2) is 0 Å². The molecule has 61 heavy (non-hydrogen) atoms. The van der Waals surface area contributed by atoms with E-state index in [1.54, 1.807) is 0 Å². The number of unbranched alkanes of at least 4 members (excludes halogenated alkanes) is 33. The molecule has 0 saturated heterocycles. The van der Waals surface area contributed by atoms with Crippen molar-refractivity contribution in [3.63, 3.8) is 0 Å². The van der Waals surface area contributed by atoms with Crippen LogP contribution in [0.15, 0.2) is 24.3 Å². The molecule has 0 rings (SSSR count). The van der Waals surface area contributed by atoms with Crippen LogP contribution in [0.1, 0.15) is 290 Å². The first-order chi connectivity index (χ1) is 30.0. The van der Waals surface area contributed by atoms with Gasteiger partial charge in [-0.15, -0.1) is 0 Å². The smallest absolute Gasteiger partial charge is 0.306 e. The summed E-state index contributed by atoms with van der Waals surface area (Å²) in [6.07, 6.45) is 56.7. The Morgan fingerprint density at radius 3 is 1.21 bits per heavy atom. The maximum absolute atomic E-state index is 13.2. The fourth-order valence-corrected chi connectivity index (χ4v) is 8.37. The first kappa shape index (κ1) is 59.3. The van der Waals surface area contributed by atoms with Crippen LogP contribution in [0, 0.1) is 0 Å². The van der Waals surface area contributed by atoms with Crippen molar-refractivity contribution in [2.45, 2.75) is 309 Å². The molecule has 0 fully saturated rings. The van der Waals surface area contributed by atoms with Gasteiger partial charge in [-0.05, 0) is 70.6 Å². The number of aliphatic hydroxyl groups is 2. The third kappa shape index (κ3) is 44.7. The number of amides is 1. The van der Waals surface area contributed by atoms with Crippen LogP contribution >= 0.6 is 0 Å². The molecule has 0 saturated carbocycles. The van der Waals surface area contributed by atoms with Crippen molar-refractivity contribution in [2.24, 2.45) is 0 Å². The molecule has 0 aliphatic heterocycles. The van der Waals surface area contributed by atoms with Crippen LogP contribution in [0.4, 0.5) is 0 Å². The molecule has 0 spiro atoms. The summed E-state index contributed by atoms with van der Waals surface area (Å²) in [5.41, 5.74) is 0. The number of rotatable bonds is 49. The van der Waals surface area contributed by atoms with E-state index in [1.165, 1.54) is 193 Å². The number of ether oxygens (including phenoxy) is 1. The molecule has 360 valence electrons. The van der Waals surface area contributed by atoms with Crippen molar-refractivity contribution in [1.82, 2.24) is 5.32 Å². The Morgan fingerprint density at radius 2 is 0.803 bits per heavy atom. The largest absolute Gasteiger partial charge is 0.462 e. The Labute approximate surface area is 380 Å². The molecule has 3 unspecified atom stereocenters. The molecule has 0 aromatic carbocycles. The van der Waals surface area contributed by atoms with Gasteiger partial charge in [-0.3, -0.25) is 9.59 Å². The predicted octanol–water partition coefficient (Wildman–Crippen LogP) is 16.3. The maximum Gasteiger partial charge on any atom is 0.306 e. The number of allylic oxidation sites excluding steroid dienone is 4. The quantitative estimate of drug-likeness (QED) is 0.0322. The van der Waals surface area contributed by atoms with Gasteiger partial charge >= 0.3 is 5.97 Å². The third-order valence-electron chi connectivity index (χ3n) is 12.5. The van der Waals surface area contributed by atoms with Crippen LogP contribution in [0.2, 0.25) is 0 Å². The lowest BCUT2D eigenvalue weighted by Crippen LogP contribution is -2.46. The van der Waals surface area contributed by atoms with Gasteiger partial charge in [0.25, 0.3) is 0 Å². The molecular formula is C55H105NO5. The predicted molar refractivity (Wildman–Crippen MR) is 264 cm³/mol. The van der Waals surface area contributed by atoms with Gasteiger partial charge in [0.2, 0.25) is 5.91 Å². The summed E-state index contributed by atoms with van der Waals surface area (Å²) in [4.78, 5) is 26.1. The Morgan fingerprint density at radius 1 is 0.459 bits per heavy atom. The molecule has 0 aromatic rings. The highest BCUT2D eigenvalue weighted by Gasteiger charge is 2.24. The van der Waals surface area contributed by atoms with E-state index < -0.39 is 18.2 Å². The number of esters is 1. The van der Waals surface area contributed by atoms with E-state index in [0.29, 0.717) is 19.3 Å². The van der Waals surface area contributed by atoms with Gasteiger partial charge in [0.1, 0.15) is 6.10 Å². The second-order valence-electron chi connectivity index (χ2n) is 18.6. The monoisotopic (exact) mass is 860 g/mol. The summed E-state index contributed by atoms with van der Waals surface area (Å²) in [6, 6.07) is -0.707. The van der Waals surface area contributed by atoms with Gasteiger partial charge < -0.3 is 20.3 Å². The van der Waals surface area contributed by atoms with E-state index in [-0.39, 0.29) is 24.9 Å². The van der Waals surface area contributed by atoms with Crippen molar-refractivity contribution >= 4 is 11.9 Å². The third-order valence-corrected chi connectivity index (χ3v) is 12.5. The van der Waals surface area contributed by atoms with Crippen molar-refractivity contribution < 1.29 is 24.5 Å². The fraction of sp³-hybridized carbons (Fsp3) is 0.891. The second kappa shape index (κ2) is 49.4. The van der Waals surface area contributed by atoms with Gasteiger partial charge in [0.15, 0.2) is 0 Å². The van der Waals surface area contributed by atoms with Gasteiger partial charge in [-0.2, -0.15) is 0 Å². The second-order valence-corrected chi connectivity index (χ2v) is 18.6. The zero-order valence-corrected chi connectivity index (χ0v) is 41.1. The van der Waals surface area contributed by atoms with E-state index in [2.05, 4.69) is 50.4 Å². The Kier molecular flexibility index (Phi) is 48.0. The first-order valence-electron chi connectivity index (χ1n) is 27.1. The van der Waals surface area contributed by atoms with Crippen LogP contribution in [-0.2, 0) is 14.3 Å². The molecule has 0 aromatic heterocycles. The minimum Gasteiger partial charge on any atom is -0.462 e. The average Bonchev–Trinajstić information content (AvgIpc) is 3.25. The summed E-state index contributed by atoms with van der Waals surface area (Å²) in [5.74, 6) is -0.496. The van der Waals surface area contributed by atoms with Crippen LogP contribution in [0.5, 0.6) is 0 Å². The normalized spacial score (nSPS) is 13.3. The number of hydrogen-bond donors (Lipinski definition) is 3. The van der Waals surface area contributed by atoms with E-state index in [4.69, 9.17) is 4.74 Å². The molecule has 6 heteroatoms. The van der Waals surface area contributed by atoms with Crippen LogP contribution in [-0.4, -0.2) is 46.9 Å². The topological polar surface area (TPSA) is 95.9 Å². The standard InChI is InChI=1S/C55H105NO5/c1-4-7-10-13-16-19-22-24-26-28-29-32-35-38-41-44-47-53(58)52(50-57)56-54(59)49-51(46-43-40-37-34-31-21-18-15-12-9-6-3)61-55(60)48-45-42-39-36-33-30-27-25-23-20-17-14-11-8-5-2/h20,23,34,37,51-53,57-58H,4-19,21-22,24-33,35-36,38-50H2,1-3H3,(H,56,59)/b23-20-,37-34-. The maximum atomic E-state index is 13.2. The molecule has 0 aliphatic rings. The molecule has 6 nitrogen and oxygen atoms in total. The summed E-state index contributed by atoms with van der Waals surface area (Å²) in [6.45, 7) is 6.48. The van der Waals surface area contributed by atoms with E-state index >= 15 is 0 Å². The highest BCUT2D eigenvalue weighted by molar-refractivity contribution is 5.77. The molecule has 0 bridgehead atoms. The molecular weight excluding hydrogens is 755 g/mol. The highest BCUT2D eigenvalue weighted by Crippen LogP contribution is 2.18. The number of nitrogens with one attached hydrogen (secondary N) is 1. The van der Waals surface area contributed by atoms with Crippen molar-refractivity contribution in [1.29, 1.82) is 0 Å².